The molecule has 2 aromatic heterocycles. The molecule has 4 aliphatic rings. The maximum atomic E-state index is 13.0. The molecule has 3 aromatic rings. The monoisotopic (exact) mass is 458 g/mol. The summed E-state index contributed by atoms with van der Waals surface area (Å²) in [6, 6.07) is 10.5. The van der Waals surface area contributed by atoms with Crippen molar-refractivity contribution in [1.29, 1.82) is 0 Å². The minimum absolute atomic E-state index is 0.0205. The highest BCUT2D eigenvalue weighted by atomic mass is 16.2. The van der Waals surface area contributed by atoms with Crippen LogP contribution in [-0.4, -0.2) is 52.5 Å². The summed E-state index contributed by atoms with van der Waals surface area (Å²) in [6.45, 7) is 6.89. The highest BCUT2D eigenvalue weighted by Crippen LogP contribution is 2.67. The Morgan fingerprint density at radius 2 is 1.82 bits per heavy atom. The average Bonchev–Trinajstić information content (AvgIpc) is 3.17. The van der Waals surface area contributed by atoms with E-state index in [9.17, 15) is 4.79 Å². The number of hydrogen-bond donors (Lipinski definition) is 1. The molecular formula is C27H34N6O. The van der Waals surface area contributed by atoms with Crippen molar-refractivity contribution >= 4 is 34.3 Å². The van der Waals surface area contributed by atoms with Gasteiger partial charge in [-0.1, -0.05) is 13.8 Å². The lowest BCUT2D eigenvalue weighted by Crippen LogP contribution is -2.67. The van der Waals surface area contributed by atoms with Crippen LogP contribution < -0.4 is 10.2 Å². The normalized spacial score (nSPS) is 26.2. The molecule has 3 saturated carbocycles. The fraction of sp³-hybridized carbons (Fsp3) is 0.519. The number of rotatable bonds is 5. The lowest BCUT2D eigenvalue weighted by atomic mass is 9.42. The van der Waals surface area contributed by atoms with Crippen LogP contribution in [0.3, 0.4) is 0 Å². The first-order valence-electron chi connectivity index (χ1n) is 12.6. The molecule has 0 unspecified atom stereocenters. The lowest BCUT2D eigenvalue weighted by Gasteiger charge is -2.68. The highest BCUT2D eigenvalue weighted by Gasteiger charge is 2.65. The van der Waals surface area contributed by atoms with Gasteiger partial charge >= 0.3 is 0 Å². The van der Waals surface area contributed by atoms with E-state index in [0.29, 0.717) is 11.9 Å². The molecule has 1 aromatic carbocycles. The fourth-order valence-corrected chi connectivity index (χ4v) is 6.12. The van der Waals surface area contributed by atoms with Gasteiger partial charge in [0.2, 0.25) is 5.95 Å². The van der Waals surface area contributed by atoms with Crippen LogP contribution in [0, 0.1) is 17.8 Å². The van der Waals surface area contributed by atoms with E-state index in [2.05, 4.69) is 57.9 Å². The number of anilines is 3. The van der Waals surface area contributed by atoms with Crippen molar-refractivity contribution < 1.29 is 4.79 Å². The maximum absolute atomic E-state index is 13.0. The number of carbonyl (C=O) groups excluding carboxylic acids is 1. The van der Waals surface area contributed by atoms with Gasteiger partial charge < -0.3 is 19.7 Å². The van der Waals surface area contributed by atoms with E-state index in [1.165, 1.54) is 18.5 Å². The molecule has 1 atom stereocenters. The maximum Gasteiger partial charge on any atom is 0.270 e. The number of hydrogen-bond acceptors (Lipinski definition) is 5. The first-order valence-corrected chi connectivity index (χ1v) is 12.6. The van der Waals surface area contributed by atoms with Crippen LogP contribution in [0.1, 0.15) is 50.0 Å². The topological polar surface area (TPSA) is 66.3 Å². The van der Waals surface area contributed by atoms with Crippen LogP contribution >= 0.6 is 0 Å². The smallest absolute Gasteiger partial charge is 0.270 e. The Kier molecular flexibility index (Phi) is 4.87. The van der Waals surface area contributed by atoms with Gasteiger partial charge in [0, 0.05) is 50.1 Å². The zero-order chi connectivity index (χ0) is 23.6. The van der Waals surface area contributed by atoms with Gasteiger partial charge in [-0.25, -0.2) is 4.98 Å². The third kappa shape index (κ3) is 3.20. The summed E-state index contributed by atoms with van der Waals surface area (Å²) in [5.41, 5.74) is 3.83. The first kappa shape index (κ1) is 21.4. The summed E-state index contributed by atoms with van der Waals surface area (Å²) in [6.07, 6.45) is 6.62. The summed E-state index contributed by atoms with van der Waals surface area (Å²) in [5.74, 6) is 2.76. The van der Waals surface area contributed by atoms with Crippen molar-refractivity contribution in [2.75, 3.05) is 37.4 Å². The minimum atomic E-state index is 0.0205. The second-order valence-electron chi connectivity index (χ2n) is 10.9. The molecule has 178 valence electrons. The van der Waals surface area contributed by atoms with Gasteiger partial charge in [-0.05, 0) is 73.8 Å². The summed E-state index contributed by atoms with van der Waals surface area (Å²) < 4.78 is 2.22. The Hall–Kier alpha value is -3.09. The summed E-state index contributed by atoms with van der Waals surface area (Å²) >= 11 is 0. The Bertz CT molecular complexity index is 1230. The SMILES string of the molecule is CC1CCN(c2ccc(Nc3ncc4cc(C(=O)N(C)C)n(C56CC(C5)[C@H]6C)c4n3)cc2)CC1. The molecule has 3 aliphatic carbocycles. The standard InChI is InChI=1S/C27H34N6O/c1-17-9-11-32(12-10-17)22-7-5-21(6-8-22)29-26-28-16-19-13-23(25(34)31(3)4)33(24(19)30-26)27-14-20(15-27)18(27)2/h5-8,13,16-18,20H,9-12,14-15H2,1-4H3,(H,28,29,30)/t18-,20?,27?/m1/s1. The molecule has 7 heteroatoms. The summed E-state index contributed by atoms with van der Waals surface area (Å²) in [5, 5.41) is 4.30. The van der Waals surface area contributed by atoms with E-state index in [0.717, 1.165) is 60.2 Å². The van der Waals surface area contributed by atoms with Gasteiger partial charge in [0.15, 0.2) is 0 Å². The van der Waals surface area contributed by atoms with Crippen molar-refractivity contribution in [3.8, 4) is 0 Å². The van der Waals surface area contributed by atoms with E-state index >= 15 is 0 Å². The largest absolute Gasteiger partial charge is 0.372 e. The number of nitrogens with one attached hydrogen (secondary N) is 1. The zero-order valence-corrected chi connectivity index (χ0v) is 20.6. The number of aromatic nitrogens is 3. The molecule has 1 N–H and O–H groups in total. The van der Waals surface area contributed by atoms with E-state index in [-0.39, 0.29) is 11.4 Å². The fourth-order valence-electron chi connectivity index (χ4n) is 6.12. The van der Waals surface area contributed by atoms with Crippen LogP contribution in [0.4, 0.5) is 17.3 Å². The third-order valence-corrected chi connectivity index (χ3v) is 8.67. The molecule has 1 amide bonds. The first-order chi connectivity index (χ1) is 16.4. The van der Waals surface area contributed by atoms with E-state index < -0.39 is 0 Å². The van der Waals surface area contributed by atoms with Crippen LogP contribution in [0.2, 0.25) is 0 Å². The van der Waals surface area contributed by atoms with E-state index in [1.807, 2.05) is 26.4 Å². The van der Waals surface area contributed by atoms with Gasteiger partial charge in [0.25, 0.3) is 5.91 Å². The predicted molar refractivity (Wildman–Crippen MR) is 136 cm³/mol. The van der Waals surface area contributed by atoms with Crippen molar-refractivity contribution in [1.82, 2.24) is 19.4 Å². The van der Waals surface area contributed by atoms with Crippen molar-refractivity contribution in [2.45, 2.75) is 45.1 Å². The highest BCUT2D eigenvalue weighted by molar-refractivity contribution is 5.98. The van der Waals surface area contributed by atoms with Crippen molar-refractivity contribution in [3.63, 3.8) is 0 Å². The lowest BCUT2D eigenvalue weighted by molar-refractivity contribution is -0.160. The second-order valence-corrected chi connectivity index (χ2v) is 10.9. The molecule has 34 heavy (non-hydrogen) atoms. The van der Waals surface area contributed by atoms with Gasteiger partial charge in [-0.2, -0.15) is 4.98 Å². The van der Waals surface area contributed by atoms with Gasteiger partial charge in [-0.15, -0.1) is 0 Å². The molecule has 2 bridgehead atoms. The number of nitrogens with zero attached hydrogens (tertiary/aromatic N) is 5. The average molecular weight is 459 g/mol. The van der Waals surface area contributed by atoms with Crippen LogP contribution in [0.5, 0.6) is 0 Å². The molecule has 3 heterocycles. The molecule has 7 rings (SSSR count). The molecule has 7 nitrogen and oxygen atoms in total. The minimum Gasteiger partial charge on any atom is -0.372 e. The second kappa shape index (κ2) is 7.72. The van der Waals surface area contributed by atoms with Crippen LogP contribution in [0.25, 0.3) is 11.0 Å². The van der Waals surface area contributed by atoms with Gasteiger partial charge in [-0.3, -0.25) is 4.79 Å². The Morgan fingerprint density at radius 1 is 1.12 bits per heavy atom. The molecule has 1 saturated heterocycles. The molecule has 4 fully saturated rings. The molecule has 0 radical (unpaired) electrons. The number of amides is 1. The van der Waals surface area contributed by atoms with E-state index in [1.54, 1.807) is 4.90 Å². The number of piperidine rings is 1. The van der Waals surface area contributed by atoms with Gasteiger partial charge in [0.05, 0.1) is 5.54 Å². The zero-order valence-electron chi connectivity index (χ0n) is 20.6. The van der Waals surface area contributed by atoms with Crippen molar-refractivity contribution in [2.24, 2.45) is 17.8 Å². The van der Waals surface area contributed by atoms with Crippen LogP contribution in [-0.2, 0) is 5.54 Å². The van der Waals surface area contributed by atoms with Crippen LogP contribution in [0.15, 0.2) is 36.5 Å². The van der Waals surface area contributed by atoms with Gasteiger partial charge in [0.1, 0.15) is 11.3 Å². The number of fused-ring (bicyclic) bond motifs is 1. The Morgan fingerprint density at radius 3 is 2.41 bits per heavy atom. The molecule has 0 spiro atoms. The Labute approximate surface area is 201 Å². The number of benzene rings is 1. The van der Waals surface area contributed by atoms with E-state index in [4.69, 9.17) is 4.98 Å². The molecule has 1 aliphatic heterocycles. The Balaban J connectivity index is 1.30. The van der Waals surface area contributed by atoms with Crippen molar-refractivity contribution in [3.05, 3.63) is 42.2 Å². The summed E-state index contributed by atoms with van der Waals surface area (Å²) in [7, 11) is 3.62. The summed E-state index contributed by atoms with van der Waals surface area (Å²) in [4.78, 5) is 26.6. The molecular weight excluding hydrogens is 424 g/mol. The predicted octanol–water partition coefficient (Wildman–Crippen LogP) is 4.87. The number of carbonyl (C=O) groups is 1. The third-order valence-electron chi connectivity index (χ3n) is 8.67. The quantitative estimate of drug-likeness (QED) is 0.591.